The number of ether oxygens (including phenoxy) is 1. The Morgan fingerprint density at radius 1 is 0.400 bits per heavy atom. The van der Waals surface area contributed by atoms with Crippen LogP contribution in [-0.4, -0.2) is 19.1 Å². The summed E-state index contributed by atoms with van der Waals surface area (Å²) >= 11 is 0. The Morgan fingerprint density at radius 2 is 0.923 bits per heavy atom. The molecule has 0 radical (unpaired) electrons. The van der Waals surface area contributed by atoms with Crippen molar-refractivity contribution in [2.45, 2.75) is 6.61 Å². The number of aromatic nitrogens is 4. The summed E-state index contributed by atoms with van der Waals surface area (Å²) in [5, 5.41) is 4.20. The molecule has 65 heavy (non-hydrogen) atoms. The molecule has 9 aromatic carbocycles. The molecule has 0 amide bonds. The van der Waals surface area contributed by atoms with Crippen LogP contribution in [0.4, 0.5) is 5.69 Å². The molecule has 0 saturated heterocycles. The SMILES string of the molecule is Nc1ccc2c(c1OCc1ccccc1)c1cccc(-n3c4ccccc4c4cc(-c5ccccc5)ccc43)c1n2-c1nc(-c2ccccc2)cc(-c2ccc(-c3ccccc3)cc2)n1. The Labute approximate surface area is 376 Å². The summed E-state index contributed by atoms with van der Waals surface area (Å²) < 4.78 is 11.4. The summed E-state index contributed by atoms with van der Waals surface area (Å²) in [6.07, 6.45) is 0. The van der Waals surface area contributed by atoms with Crippen LogP contribution in [0.2, 0.25) is 0 Å². The first-order valence-electron chi connectivity index (χ1n) is 21.9. The number of nitrogens with zero attached hydrogens (tertiary/aromatic N) is 4. The van der Waals surface area contributed by atoms with Gasteiger partial charge in [-0.25, -0.2) is 9.97 Å². The second kappa shape index (κ2) is 15.9. The molecule has 0 atom stereocenters. The molecule has 12 rings (SSSR count). The highest BCUT2D eigenvalue weighted by Gasteiger charge is 2.25. The maximum atomic E-state index is 6.92. The molecule has 6 nitrogen and oxygen atoms in total. The summed E-state index contributed by atoms with van der Waals surface area (Å²) in [6, 6.07) is 78.2. The van der Waals surface area contributed by atoms with Gasteiger partial charge in [-0.05, 0) is 70.3 Å². The van der Waals surface area contributed by atoms with E-state index in [1.54, 1.807) is 0 Å². The zero-order valence-corrected chi connectivity index (χ0v) is 35.3. The molecule has 0 saturated carbocycles. The topological polar surface area (TPSA) is 70.9 Å². The average molecular weight is 836 g/mol. The number of anilines is 1. The fourth-order valence-electron chi connectivity index (χ4n) is 9.34. The van der Waals surface area contributed by atoms with Crippen molar-refractivity contribution in [2.75, 3.05) is 5.73 Å². The molecular weight excluding hydrogens is 795 g/mol. The number of hydrogen-bond donors (Lipinski definition) is 1. The van der Waals surface area contributed by atoms with Crippen LogP contribution in [0.3, 0.4) is 0 Å². The van der Waals surface area contributed by atoms with Gasteiger partial charge >= 0.3 is 0 Å². The van der Waals surface area contributed by atoms with Crippen LogP contribution in [0, 0.1) is 0 Å². The summed E-state index contributed by atoms with van der Waals surface area (Å²) in [5.41, 5.74) is 21.7. The summed E-state index contributed by atoms with van der Waals surface area (Å²) in [7, 11) is 0. The van der Waals surface area contributed by atoms with Crippen molar-refractivity contribution in [1.82, 2.24) is 19.1 Å². The smallest absolute Gasteiger partial charge is 0.235 e. The van der Waals surface area contributed by atoms with Crippen LogP contribution in [0.25, 0.3) is 100 Å². The second-order valence-corrected chi connectivity index (χ2v) is 16.4. The van der Waals surface area contributed by atoms with E-state index in [4.69, 9.17) is 20.4 Å². The Hall–Kier alpha value is -8.74. The first-order chi connectivity index (χ1) is 32.2. The standard InChI is InChI=1S/C59H41N5O/c60-49-33-35-54-56(58(49)65-38-39-16-5-1-6-17-39)47-25-15-27-55(63-52-26-14-13-24-46(52)48-36-45(32-34-53(48)63)41-20-9-3-10-21-41)57(47)64(54)59-61-50(43-22-11-4-12-23-43)37-51(62-59)44-30-28-42(29-31-44)40-18-7-2-8-19-40/h1-37H,38,60H2. The van der Waals surface area contributed by atoms with Crippen molar-refractivity contribution in [3.05, 3.63) is 230 Å². The Bertz CT molecular complexity index is 3690. The largest absolute Gasteiger partial charge is 0.486 e. The third kappa shape index (κ3) is 6.67. The van der Waals surface area contributed by atoms with E-state index in [2.05, 4.69) is 197 Å². The minimum Gasteiger partial charge on any atom is -0.486 e. The number of fused-ring (bicyclic) bond motifs is 6. The van der Waals surface area contributed by atoms with Crippen molar-refractivity contribution in [3.8, 4) is 62.2 Å². The van der Waals surface area contributed by atoms with E-state index in [0.717, 1.165) is 77.7 Å². The third-order valence-corrected chi connectivity index (χ3v) is 12.4. The van der Waals surface area contributed by atoms with E-state index in [1.807, 2.05) is 36.4 Å². The van der Waals surface area contributed by atoms with Crippen molar-refractivity contribution in [2.24, 2.45) is 0 Å². The number of nitrogens with two attached hydrogens (primary N) is 1. The number of para-hydroxylation sites is 2. The number of rotatable bonds is 9. The van der Waals surface area contributed by atoms with Crippen LogP contribution in [-0.2, 0) is 6.61 Å². The van der Waals surface area contributed by atoms with Gasteiger partial charge in [-0.2, -0.15) is 0 Å². The minimum atomic E-state index is 0.357. The van der Waals surface area contributed by atoms with E-state index in [0.29, 0.717) is 24.0 Å². The quantitative estimate of drug-likeness (QED) is 0.147. The molecule has 0 aliphatic rings. The van der Waals surface area contributed by atoms with Gasteiger partial charge in [-0.15, -0.1) is 0 Å². The van der Waals surface area contributed by atoms with Gasteiger partial charge in [0.05, 0.1) is 50.2 Å². The van der Waals surface area contributed by atoms with Gasteiger partial charge in [0.1, 0.15) is 6.61 Å². The highest BCUT2D eigenvalue weighted by Crippen LogP contribution is 2.45. The number of benzene rings is 9. The van der Waals surface area contributed by atoms with Gasteiger partial charge in [-0.1, -0.05) is 182 Å². The van der Waals surface area contributed by atoms with Gasteiger partial charge in [0.2, 0.25) is 5.95 Å². The molecule has 0 fully saturated rings. The lowest BCUT2D eigenvalue weighted by Gasteiger charge is -2.15. The normalized spacial score (nSPS) is 11.5. The van der Waals surface area contributed by atoms with Gasteiger partial charge in [0, 0.05) is 27.3 Å². The van der Waals surface area contributed by atoms with Crippen LogP contribution in [0.1, 0.15) is 5.56 Å². The zero-order chi connectivity index (χ0) is 43.3. The first-order valence-corrected chi connectivity index (χ1v) is 21.9. The zero-order valence-electron chi connectivity index (χ0n) is 35.3. The fourth-order valence-corrected chi connectivity index (χ4v) is 9.34. The van der Waals surface area contributed by atoms with Crippen molar-refractivity contribution >= 4 is 49.3 Å². The Balaban J connectivity index is 1.15. The summed E-state index contributed by atoms with van der Waals surface area (Å²) in [5.74, 6) is 1.16. The van der Waals surface area contributed by atoms with Crippen LogP contribution in [0.5, 0.6) is 5.75 Å². The molecular formula is C59H41N5O. The lowest BCUT2D eigenvalue weighted by atomic mass is 10.0. The third-order valence-electron chi connectivity index (χ3n) is 12.4. The first kappa shape index (κ1) is 38.0. The molecule has 0 bridgehead atoms. The van der Waals surface area contributed by atoms with Gasteiger partial charge in [0.15, 0.2) is 5.75 Å². The molecule has 3 heterocycles. The highest BCUT2D eigenvalue weighted by atomic mass is 16.5. The van der Waals surface area contributed by atoms with Crippen LogP contribution >= 0.6 is 0 Å². The minimum absolute atomic E-state index is 0.357. The monoisotopic (exact) mass is 835 g/mol. The van der Waals surface area contributed by atoms with E-state index < -0.39 is 0 Å². The van der Waals surface area contributed by atoms with E-state index >= 15 is 0 Å². The molecule has 12 aromatic rings. The number of nitrogen functional groups attached to an aromatic ring is 1. The van der Waals surface area contributed by atoms with Gasteiger partial charge < -0.3 is 15.0 Å². The van der Waals surface area contributed by atoms with Crippen molar-refractivity contribution in [1.29, 1.82) is 0 Å². The molecule has 0 aliphatic carbocycles. The fraction of sp³-hybridized carbons (Fsp3) is 0.0169. The second-order valence-electron chi connectivity index (χ2n) is 16.4. The van der Waals surface area contributed by atoms with E-state index in [1.165, 1.54) is 21.9 Å². The van der Waals surface area contributed by atoms with E-state index in [9.17, 15) is 0 Å². The molecule has 6 heteroatoms. The lowest BCUT2D eigenvalue weighted by molar-refractivity contribution is 0.312. The van der Waals surface area contributed by atoms with E-state index in [-0.39, 0.29) is 0 Å². The molecule has 308 valence electrons. The van der Waals surface area contributed by atoms with Gasteiger partial charge in [0.25, 0.3) is 0 Å². The Morgan fingerprint density at radius 3 is 1.63 bits per heavy atom. The summed E-state index contributed by atoms with van der Waals surface area (Å²) in [4.78, 5) is 10.9. The van der Waals surface area contributed by atoms with Gasteiger partial charge in [-0.3, -0.25) is 4.57 Å². The molecule has 3 aromatic heterocycles. The van der Waals surface area contributed by atoms with Crippen LogP contribution < -0.4 is 10.5 Å². The molecule has 2 N–H and O–H groups in total. The molecule has 0 spiro atoms. The average Bonchev–Trinajstić information content (AvgIpc) is 3.90. The Kier molecular flexibility index (Phi) is 9.27. The predicted molar refractivity (Wildman–Crippen MR) is 268 cm³/mol. The maximum absolute atomic E-state index is 6.92. The van der Waals surface area contributed by atoms with Crippen molar-refractivity contribution < 1.29 is 4.74 Å². The maximum Gasteiger partial charge on any atom is 0.235 e. The summed E-state index contributed by atoms with van der Waals surface area (Å²) in [6.45, 7) is 0.357. The molecule has 0 aliphatic heterocycles. The number of hydrogen-bond acceptors (Lipinski definition) is 4. The van der Waals surface area contributed by atoms with Crippen molar-refractivity contribution in [3.63, 3.8) is 0 Å². The lowest BCUT2D eigenvalue weighted by Crippen LogP contribution is -2.06. The van der Waals surface area contributed by atoms with Crippen LogP contribution in [0.15, 0.2) is 224 Å². The molecule has 0 unspecified atom stereocenters. The highest BCUT2D eigenvalue weighted by molar-refractivity contribution is 6.18. The predicted octanol–water partition coefficient (Wildman–Crippen LogP) is 14.5.